The minimum Gasteiger partial charge on any atom is -0.379 e. The molecule has 1 aliphatic heterocycles. The molecule has 1 aromatic heterocycles. The molecule has 0 aromatic carbocycles. The van der Waals surface area contributed by atoms with Crippen LogP contribution in [0.5, 0.6) is 0 Å². The van der Waals surface area contributed by atoms with Gasteiger partial charge in [-0.1, -0.05) is 0 Å². The maximum absolute atomic E-state index is 6.29. The maximum Gasteiger partial charge on any atom is 0.115 e. The monoisotopic (exact) mass is 212 g/mol. The van der Waals surface area contributed by atoms with Gasteiger partial charge in [-0.05, 0) is 26.7 Å². The zero-order valence-corrected chi connectivity index (χ0v) is 9.49. The first-order chi connectivity index (χ1) is 6.62. The van der Waals surface area contributed by atoms with Crippen LogP contribution in [0.3, 0.4) is 0 Å². The standard InChI is InChI=1S/C10H16N2OS/c1-7-8(2)14-9(12-7)10(11)4-3-5-13-6-10/h3-6,11H2,1-2H3. The Labute approximate surface area is 88.3 Å². The Balaban J connectivity index is 2.28. The molecule has 0 amide bonds. The smallest absolute Gasteiger partial charge is 0.115 e. The van der Waals surface area contributed by atoms with Crippen LogP contribution in [0.25, 0.3) is 0 Å². The third-order valence-electron chi connectivity index (χ3n) is 2.73. The minimum absolute atomic E-state index is 0.331. The molecule has 0 radical (unpaired) electrons. The van der Waals surface area contributed by atoms with Gasteiger partial charge in [-0.15, -0.1) is 11.3 Å². The van der Waals surface area contributed by atoms with Gasteiger partial charge in [-0.2, -0.15) is 0 Å². The number of nitrogens with two attached hydrogens (primary N) is 1. The Kier molecular flexibility index (Phi) is 2.60. The van der Waals surface area contributed by atoms with Gasteiger partial charge in [0, 0.05) is 11.5 Å². The summed E-state index contributed by atoms with van der Waals surface area (Å²) in [7, 11) is 0. The van der Waals surface area contributed by atoms with Crippen LogP contribution in [0.4, 0.5) is 0 Å². The number of hydrogen-bond donors (Lipinski definition) is 1. The Bertz CT molecular complexity index is 309. The quantitative estimate of drug-likeness (QED) is 0.771. The van der Waals surface area contributed by atoms with Crippen LogP contribution in [-0.2, 0) is 10.3 Å². The van der Waals surface area contributed by atoms with Gasteiger partial charge in [0.1, 0.15) is 5.01 Å². The molecule has 0 saturated carbocycles. The Hall–Kier alpha value is -0.450. The Morgan fingerprint density at radius 1 is 1.50 bits per heavy atom. The lowest BCUT2D eigenvalue weighted by molar-refractivity contribution is 0.0365. The highest BCUT2D eigenvalue weighted by atomic mass is 32.1. The summed E-state index contributed by atoms with van der Waals surface area (Å²) >= 11 is 1.70. The highest BCUT2D eigenvalue weighted by Crippen LogP contribution is 2.31. The van der Waals surface area contributed by atoms with Crippen molar-refractivity contribution < 1.29 is 4.74 Å². The van der Waals surface area contributed by atoms with Crippen molar-refractivity contribution >= 4 is 11.3 Å². The molecule has 78 valence electrons. The van der Waals surface area contributed by atoms with Gasteiger partial charge in [0.25, 0.3) is 0 Å². The third kappa shape index (κ3) is 1.69. The van der Waals surface area contributed by atoms with Crippen molar-refractivity contribution in [2.45, 2.75) is 32.2 Å². The van der Waals surface area contributed by atoms with Gasteiger partial charge < -0.3 is 10.5 Å². The number of hydrogen-bond acceptors (Lipinski definition) is 4. The van der Waals surface area contributed by atoms with Crippen LogP contribution in [0.1, 0.15) is 28.4 Å². The molecule has 0 aliphatic carbocycles. The first-order valence-corrected chi connectivity index (χ1v) is 5.75. The van der Waals surface area contributed by atoms with Crippen molar-refractivity contribution in [2.75, 3.05) is 13.2 Å². The first-order valence-electron chi connectivity index (χ1n) is 4.93. The fraction of sp³-hybridized carbons (Fsp3) is 0.700. The summed E-state index contributed by atoms with van der Waals surface area (Å²) in [6.07, 6.45) is 2.02. The van der Waals surface area contributed by atoms with Crippen LogP contribution < -0.4 is 5.73 Å². The van der Waals surface area contributed by atoms with Gasteiger partial charge >= 0.3 is 0 Å². The molecule has 1 aromatic rings. The SMILES string of the molecule is Cc1nc(C2(N)CCCOC2)sc1C. The van der Waals surface area contributed by atoms with E-state index in [4.69, 9.17) is 10.5 Å². The largest absolute Gasteiger partial charge is 0.379 e. The summed E-state index contributed by atoms with van der Waals surface area (Å²) in [5.74, 6) is 0. The molecule has 2 heterocycles. The van der Waals surface area contributed by atoms with Crippen LogP contribution in [-0.4, -0.2) is 18.2 Å². The number of aryl methyl sites for hydroxylation is 2. The van der Waals surface area contributed by atoms with Crippen LogP contribution in [0.2, 0.25) is 0 Å². The number of nitrogens with zero attached hydrogens (tertiary/aromatic N) is 1. The van der Waals surface area contributed by atoms with E-state index in [0.717, 1.165) is 30.2 Å². The summed E-state index contributed by atoms with van der Waals surface area (Å²) in [4.78, 5) is 5.78. The van der Waals surface area contributed by atoms with E-state index >= 15 is 0 Å². The maximum atomic E-state index is 6.29. The van der Waals surface area contributed by atoms with Crippen molar-refractivity contribution in [3.63, 3.8) is 0 Å². The van der Waals surface area contributed by atoms with E-state index in [1.165, 1.54) is 4.88 Å². The van der Waals surface area contributed by atoms with Crippen molar-refractivity contribution in [3.8, 4) is 0 Å². The summed E-state index contributed by atoms with van der Waals surface area (Å²) in [5, 5.41) is 1.03. The molecule has 1 fully saturated rings. The van der Waals surface area contributed by atoms with E-state index in [-0.39, 0.29) is 5.54 Å². The van der Waals surface area contributed by atoms with Crippen molar-refractivity contribution in [1.82, 2.24) is 4.98 Å². The van der Waals surface area contributed by atoms with E-state index in [1.807, 2.05) is 6.92 Å². The van der Waals surface area contributed by atoms with Gasteiger partial charge in [0.15, 0.2) is 0 Å². The van der Waals surface area contributed by atoms with Gasteiger partial charge in [0.05, 0.1) is 17.8 Å². The second-order valence-corrected chi connectivity index (χ2v) is 5.18. The first kappa shape index (κ1) is 10.1. The summed E-state index contributed by atoms with van der Waals surface area (Å²) in [5.41, 5.74) is 7.05. The van der Waals surface area contributed by atoms with Gasteiger partial charge in [0.2, 0.25) is 0 Å². The van der Waals surface area contributed by atoms with Crippen LogP contribution in [0.15, 0.2) is 0 Å². The zero-order valence-electron chi connectivity index (χ0n) is 8.67. The summed E-state index contributed by atoms with van der Waals surface area (Å²) in [6, 6.07) is 0. The molecule has 3 nitrogen and oxygen atoms in total. The Morgan fingerprint density at radius 2 is 2.29 bits per heavy atom. The average molecular weight is 212 g/mol. The fourth-order valence-electron chi connectivity index (χ4n) is 1.67. The lowest BCUT2D eigenvalue weighted by Gasteiger charge is -2.31. The number of ether oxygens (including phenoxy) is 1. The van der Waals surface area contributed by atoms with Gasteiger partial charge in [-0.3, -0.25) is 0 Å². The molecule has 1 unspecified atom stereocenters. The predicted octanol–water partition coefficient (Wildman–Crippen LogP) is 1.72. The lowest BCUT2D eigenvalue weighted by atomic mass is 9.95. The fourth-order valence-corrected chi connectivity index (χ4v) is 2.70. The number of aromatic nitrogens is 1. The van der Waals surface area contributed by atoms with Crippen LogP contribution in [0, 0.1) is 13.8 Å². The molecule has 1 atom stereocenters. The lowest BCUT2D eigenvalue weighted by Crippen LogP contribution is -2.44. The second kappa shape index (κ2) is 3.61. The normalized spacial score (nSPS) is 27.9. The molecular formula is C10H16N2OS. The molecule has 0 bridgehead atoms. The topological polar surface area (TPSA) is 48.1 Å². The number of rotatable bonds is 1. The highest BCUT2D eigenvalue weighted by Gasteiger charge is 2.33. The molecule has 2 rings (SSSR count). The van der Waals surface area contributed by atoms with Crippen molar-refractivity contribution in [2.24, 2.45) is 5.73 Å². The van der Waals surface area contributed by atoms with E-state index < -0.39 is 0 Å². The second-order valence-electron chi connectivity index (χ2n) is 3.97. The molecule has 14 heavy (non-hydrogen) atoms. The molecule has 0 spiro atoms. The zero-order chi connectivity index (χ0) is 10.2. The van der Waals surface area contributed by atoms with E-state index in [0.29, 0.717) is 6.61 Å². The summed E-state index contributed by atoms with van der Waals surface area (Å²) in [6.45, 7) is 5.56. The van der Waals surface area contributed by atoms with Crippen LogP contribution >= 0.6 is 11.3 Å². The van der Waals surface area contributed by atoms with E-state index in [2.05, 4.69) is 11.9 Å². The average Bonchev–Trinajstić information content (AvgIpc) is 2.49. The van der Waals surface area contributed by atoms with E-state index in [9.17, 15) is 0 Å². The molecule has 2 N–H and O–H groups in total. The molecule has 4 heteroatoms. The van der Waals surface area contributed by atoms with Gasteiger partial charge in [-0.25, -0.2) is 4.98 Å². The van der Waals surface area contributed by atoms with Crippen molar-refractivity contribution in [1.29, 1.82) is 0 Å². The minimum atomic E-state index is -0.331. The Morgan fingerprint density at radius 3 is 2.79 bits per heavy atom. The molecule has 1 aliphatic rings. The third-order valence-corrected chi connectivity index (χ3v) is 4.02. The number of thiazole rings is 1. The summed E-state index contributed by atoms with van der Waals surface area (Å²) < 4.78 is 5.43. The highest BCUT2D eigenvalue weighted by molar-refractivity contribution is 7.11. The van der Waals surface area contributed by atoms with Crippen molar-refractivity contribution in [3.05, 3.63) is 15.6 Å². The molecule has 1 saturated heterocycles. The molecular weight excluding hydrogens is 196 g/mol. The van der Waals surface area contributed by atoms with E-state index in [1.54, 1.807) is 11.3 Å². The predicted molar refractivity (Wildman–Crippen MR) is 57.5 cm³/mol.